The summed E-state index contributed by atoms with van der Waals surface area (Å²) in [5.74, 6) is 1.16. The van der Waals surface area contributed by atoms with E-state index in [0.29, 0.717) is 17.4 Å². The first-order chi connectivity index (χ1) is 15.0. The Morgan fingerprint density at radius 1 is 1.10 bits per heavy atom. The number of hydrogen-bond donors (Lipinski definition) is 0. The quantitative estimate of drug-likeness (QED) is 0.414. The number of hydrogen-bond acceptors (Lipinski definition) is 6. The predicted octanol–water partition coefficient (Wildman–Crippen LogP) is 4.93. The van der Waals surface area contributed by atoms with Gasteiger partial charge in [0.05, 0.1) is 23.9 Å². The van der Waals surface area contributed by atoms with Crippen molar-refractivity contribution >= 4 is 32.6 Å². The predicted molar refractivity (Wildman–Crippen MR) is 123 cm³/mol. The van der Waals surface area contributed by atoms with Crippen LogP contribution in [0.3, 0.4) is 0 Å². The molecule has 4 aromatic rings. The Morgan fingerprint density at radius 3 is 2.58 bits per heavy atom. The Labute approximate surface area is 185 Å². The van der Waals surface area contributed by atoms with Crippen molar-refractivity contribution in [3.63, 3.8) is 0 Å². The van der Waals surface area contributed by atoms with Crippen LogP contribution in [-0.2, 0) is 11.3 Å². The van der Waals surface area contributed by atoms with Crippen LogP contribution in [0.2, 0.25) is 0 Å². The van der Waals surface area contributed by atoms with E-state index in [0.717, 1.165) is 27.1 Å². The second-order valence-corrected chi connectivity index (χ2v) is 8.24. The van der Waals surface area contributed by atoms with Crippen molar-refractivity contribution in [2.24, 2.45) is 0 Å². The fraction of sp³-hybridized carbons (Fsp3) is 0.208. The van der Waals surface area contributed by atoms with Crippen LogP contribution in [0.1, 0.15) is 16.7 Å². The first kappa shape index (κ1) is 20.8. The number of rotatable bonds is 7. The van der Waals surface area contributed by atoms with Crippen LogP contribution in [0, 0.1) is 13.8 Å². The molecular formula is C24H23N3O3S. The van der Waals surface area contributed by atoms with Crippen LogP contribution in [-0.4, -0.2) is 29.6 Å². The number of anilines is 1. The third-order valence-electron chi connectivity index (χ3n) is 4.84. The molecule has 0 atom stereocenters. The standard InChI is InChI=1S/C24H23N3O3S/c1-16-11-17(2)23-21(12-16)31-24(26-23)27(14-18-5-4-10-25-13-18)22(28)15-30-20-8-6-19(29-3)7-9-20/h4-13H,14-15H2,1-3H3. The Kier molecular flexibility index (Phi) is 6.13. The lowest BCUT2D eigenvalue weighted by Gasteiger charge is -2.20. The molecule has 0 radical (unpaired) electrons. The third kappa shape index (κ3) is 4.83. The molecule has 7 heteroatoms. The lowest BCUT2D eigenvalue weighted by Crippen LogP contribution is -2.34. The molecule has 6 nitrogen and oxygen atoms in total. The van der Waals surface area contributed by atoms with Gasteiger partial charge >= 0.3 is 0 Å². The van der Waals surface area contributed by atoms with Crippen LogP contribution in [0.5, 0.6) is 11.5 Å². The van der Waals surface area contributed by atoms with Gasteiger partial charge in [0.2, 0.25) is 0 Å². The zero-order chi connectivity index (χ0) is 21.8. The number of fused-ring (bicyclic) bond motifs is 1. The summed E-state index contributed by atoms with van der Waals surface area (Å²) in [7, 11) is 1.61. The average Bonchev–Trinajstić information content (AvgIpc) is 3.21. The highest BCUT2D eigenvalue weighted by Crippen LogP contribution is 2.32. The first-order valence-corrected chi connectivity index (χ1v) is 10.7. The van der Waals surface area contributed by atoms with E-state index in [1.165, 1.54) is 16.9 Å². The van der Waals surface area contributed by atoms with Crippen molar-refractivity contribution < 1.29 is 14.3 Å². The zero-order valence-electron chi connectivity index (χ0n) is 17.7. The molecule has 0 N–H and O–H groups in total. The van der Waals surface area contributed by atoms with Crippen LogP contribution in [0.25, 0.3) is 10.2 Å². The van der Waals surface area contributed by atoms with Gasteiger partial charge in [0.25, 0.3) is 5.91 Å². The molecule has 2 heterocycles. The number of benzene rings is 2. The molecule has 0 fully saturated rings. The molecule has 0 aliphatic carbocycles. The number of methoxy groups -OCH3 is 1. The largest absolute Gasteiger partial charge is 0.497 e. The molecule has 0 unspecified atom stereocenters. The molecule has 0 aliphatic rings. The molecule has 4 rings (SSSR count). The van der Waals surface area contributed by atoms with Gasteiger partial charge in [-0.2, -0.15) is 0 Å². The second kappa shape index (κ2) is 9.14. The number of carbonyl (C=O) groups excluding carboxylic acids is 1. The zero-order valence-corrected chi connectivity index (χ0v) is 18.5. The number of aromatic nitrogens is 2. The highest BCUT2D eigenvalue weighted by atomic mass is 32.1. The summed E-state index contributed by atoms with van der Waals surface area (Å²) in [6, 6.07) is 15.2. The Bertz CT molecular complexity index is 1190. The molecule has 2 aromatic carbocycles. The summed E-state index contributed by atoms with van der Waals surface area (Å²) >= 11 is 1.51. The summed E-state index contributed by atoms with van der Waals surface area (Å²) in [6.45, 7) is 4.38. The fourth-order valence-corrected chi connectivity index (χ4v) is 4.46. The van der Waals surface area contributed by atoms with Crippen molar-refractivity contribution in [2.75, 3.05) is 18.6 Å². The molecular weight excluding hydrogens is 410 g/mol. The highest BCUT2D eigenvalue weighted by Gasteiger charge is 2.21. The van der Waals surface area contributed by atoms with Gasteiger partial charge in [-0.15, -0.1) is 0 Å². The van der Waals surface area contributed by atoms with Crippen molar-refractivity contribution in [1.29, 1.82) is 0 Å². The molecule has 31 heavy (non-hydrogen) atoms. The lowest BCUT2D eigenvalue weighted by molar-refractivity contribution is -0.120. The molecule has 0 saturated carbocycles. The van der Waals surface area contributed by atoms with Gasteiger partial charge < -0.3 is 9.47 Å². The van der Waals surface area contributed by atoms with E-state index in [4.69, 9.17) is 14.5 Å². The molecule has 0 aliphatic heterocycles. The van der Waals surface area contributed by atoms with Crippen molar-refractivity contribution in [1.82, 2.24) is 9.97 Å². The van der Waals surface area contributed by atoms with E-state index in [1.54, 1.807) is 48.7 Å². The van der Waals surface area contributed by atoms with E-state index >= 15 is 0 Å². The molecule has 0 bridgehead atoms. The highest BCUT2D eigenvalue weighted by molar-refractivity contribution is 7.22. The van der Waals surface area contributed by atoms with Crippen LogP contribution in [0.4, 0.5) is 5.13 Å². The maximum absolute atomic E-state index is 13.2. The Hall–Kier alpha value is -3.45. The SMILES string of the molecule is COc1ccc(OCC(=O)N(Cc2cccnc2)c2nc3c(C)cc(C)cc3s2)cc1. The molecule has 1 amide bonds. The van der Waals surface area contributed by atoms with Gasteiger partial charge in [0.1, 0.15) is 11.5 Å². The van der Waals surface area contributed by atoms with Gasteiger partial charge in [-0.3, -0.25) is 14.7 Å². The number of ether oxygens (including phenoxy) is 2. The fourth-order valence-electron chi connectivity index (χ4n) is 3.31. The first-order valence-electron chi connectivity index (χ1n) is 9.87. The number of carbonyl (C=O) groups is 1. The van der Waals surface area contributed by atoms with E-state index in [-0.39, 0.29) is 12.5 Å². The van der Waals surface area contributed by atoms with Gasteiger partial charge in [-0.05, 0) is 66.9 Å². The van der Waals surface area contributed by atoms with E-state index < -0.39 is 0 Å². The molecule has 0 saturated heterocycles. The maximum Gasteiger partial charge on any atom is 0.267 e. The van der Waals surface area contributed by atoms with Crippen molar-refractivity contribution in [3.8, 4) is 11.5 Å². The van der Waals surface area contributed by atoms with Crippen LogP contribution < -0.4 is 14.4 Å². The monoisotopic (exact) mass is 433 g/mol. The Morgan fingerprint density at radius 2 is 1.87 bits per heavy atom. The average molecular weight is 434 g/mol. The minimum Gasteiger partial charge on any atom is -0.497 e. The number of nitrogens with zero attached hydrogens (tertiary/aromatic N) is 3. The molecule has 158 valence electrons. The molecule has 2 aromatic heterocycles. The Balaban J connectivity index is 1.60. The van der Waals surface area contributed by atoms with E-state index in [1.807, 2.05) is 19.1 Å². The normalized spacial score (nSPS) is 10.8. The third-order valence-corrected chi connectivity index (χ3v) is 5.86. The number of pyridine rings is 1. The second-order valence-electron chi connectivity index (χ2n) is 7.23. The van der Waals surface area contributed by atoms with Gasteiger partial charge in [0.15, 0.2) is 11.7 Å². The summed E-state index contributed by atoms with van der Waals surface area (Å²) in [6.07, 6.45) is 3.47. The number of amides is 1. The minimum atomic E-state index is -0.173. The van der Waals surface area contributed by atoms with E-state index in [2.05, 4.69) is 24.0 Å². The maximum atomic E-state index is 13.2. The van der Waals surface area contributed by atoms with Gasteiger partial charge in [-0.25, -0.2) is 4.98 Å². The van der Waals surface area contributed by atoms with Gasteiger partial charge in [-0.1, -0.05) is 23.5 Å². The minimum absolute atomic E-state index is 0.0967. The van der Waals surface area contributed by atoms with Crippen molar-refractivity contribution in [2.45, 2.75) is 20.4 Å². The lowest BCUT2D eigenvalue weighted by atomic mass is 10.1. The summed E-state index contributed by atoms with van der Waals surface area (Å²) in [5.41, 5.74) is 4.12. The van der Waals surface area contributed by atoms with Crippen LogP contribution >= 0.6 is 11.3 Å². The smallest absolute Gasteiger partial charge is 0.267 e. The topological polar surface area (TPSA) is 64.6 Å². The summed E-state index contributed by atoms with van der Waals surface area (Å²) < 4.78 is 12.0. The molecule has 0 spiro atoms. The van der Waals surface area contributed by atoms with E-state index in [9.17, 15) is 4.79 Å². The summed E-state index contributed by atoms with van der Waals surface area (Å²) in [5, 5.41) is 0.649. The summed E-state index contributed by atoms with van der Waals surface area (Å²) in [4.78, 5) is 23.8. The number of aryl methyl sites for hydroxylation is 2. The number of thiazole rings is 1. The van der Waals surface area contributed by atoms with Crippen molar-refractivity contribution in [3.05, 3.63) is 77.6 Å². The van der Waals surface area contributed by atoms with Gasteiger partial charge in [0, 0.05) is 12.4 Å². The van der Waals surface area contributed by atoms with Crippen LogP contribution in [0.15, 0.2) is 60.9 Å².